The van der Waals surface area contributed by atoms with Crippen LogP contribution in [0.5, 0.6) is 0 Å². The van der Waals surface area contributed by atoms with Gasteiger partial charge in [-0.3, -0.25) is 10.1 Å². The zero-order valence-electron chi connectivity index (χ0n) is 15.7. The predicted molar refractivity (Wildman–Crippen MR) is 110 cm³/mol. The highest BCUT2D eigenvalue weighted by Crippen LogP contribution is 2.21. The number of benzene rings is 2. The molecule has 5 N–H and O–H groups in total. The number of carbonyl (C=O) groups excluding carboxylic acids is 2. The fourth-order valence-electron chi connectivity index (χ4n) is 2.51. The Morgan fingerprint density at radius 3 is 2.55 bits per heavy atom. The maximum Gasteiger partial charge on any atom is 0.411 e. The van der Waals surface area contributed by atoms with Crippen LogP contribution in [0.3, 0.4) is 0 Å². The van der Waals surface area contributed by atoms with Gasteiger partial charge in [0.25, 0.3) is 5.91 Å². The molecule has 1 aromatic heterocycles. The monoisotopic (exact) mass is 392 g/mol. The van der Waals surface area contributed by atoms with E-state index in [0.717, 1.165) is 5.56 Å². The molecule has 0 spiro atoms. The molecule has 148 valence electrons. The van der Waals surface area contributed by atoms with Crippen molar-refractivity contribution in [2.75, 3.05) is 23.1 Å². The van der Waals surface area contributed by atoms with Crippen LogP contribution in [-0.2, 0) is 11.3 Å². The molecule has 3 rings (SSSR count). The van der Waals surface area contributed by atoms with Gasteiger partial charge in [-0.15, -0.1) is 0 Å². The van der Waals surface area contributed by atoms with Crippen molar-refractivity contribution in [3.05, 3.63) is 71.9 Å². The molecule has 9 nitrogen and oxygen atoms in total. The lowest BCUT2D eigenvalue weighted by molar-refractivity contribution is 0.100. The van der Waals surface area contributed by atoms with Crippen molar-refractivity contribution < 1.29 is 14.3 Å². The van der Waals surface area contributed by atoms with Gasteiger partial charge in [0.2, 0.25) is 5.95 Å². The first-order chi connectivity index (χ1) is 14.0. The van der Waals surface area contributed by atoms with E-state index >= 15 is 0 Å². The molecule has 0 atom stereocenters. The van der Waals surface area contributed by atoms with Gasteiger partial charge in [-0.1, -0.05) is 36.4 Å². The highest BCUT2D eigenvalue weighted by atomic mass is 16.5. The number of nitrogens with zero attached hydrogens (tertiary/aromatic N) is 2. The van der Waals surface area contributed by atoms with Gasteiger partial charge < -0.3 is 21.1 Å². The van der Waals surface area contributed by atoms with Crippen molar-refractivity contribution in [1.82, 2.24) is 9.97 Å². The maximum atomic E-state index is 11.7. The fraction of sp³-hybridized carbons (Fsp3) is 0.100. The van der Waals surface area contributed by atoms with Gasteiger partial charge in [-0.25, -0.2) is 9.78 Å². The molecule has 0 aliphatic rings. The second-order valence-corrected chi connectivity index (χ2v) is 5.98. The minimum atomic E-state index is -0.628. The molecule has 9 heteroatoms. The van der Waals surface area contributed by atoms with E-state index in [2.05, 4.69) is 30.7 Å². The standard InChI is InChI=1S/C20H20N6O3/c1-29-20(28)25-15-9-5-8-14(10-15)24-19-23-12-16(17(21)27)18(26-19)22-11-13-6-3-2-4-7-13/h2-10,12H,11H2,1H3,(H2,21,27)(H,25,28)(H2,22,23,24,26). The number of rotatable bonds is 7. The number of primary amides is 1. The van der Waals surface area contributed by atoms with E-state index in [1.165, 1.54) is 13.3 Å². The Balaban J connectivity index is 1.78. The molecule has 0 saturated carbocycles. The summed E-state index contributed by atoms with van der Waals surface area (Å²) in [5, 5.41) is 8.73. The van der Waals surface area contributed by atoms with Gasteiger partial charge >= 0.3 is 6.09 Å². The molecular weight excluding hydrogens is 372 g/mol. The zero-order valence-corrected chi connectivity index (χ0v) is 15.7. The molecule has 0 saturated heterocycles. The number of nitrogens with one attached hydrogen (secondary N) is 3. The molecule has 1 heterocycles. The maximum absolute atomic E-state index is 11.7. The number of anilines is 4. The Morgan fingerprint density at radius 2 is 1.83 bits per heavy atom. The number of nitrogens with two attached hydrogens (primary N) is 1. The van der Waals surface area contributed by atoms with Gasteiger partial charge in [-0.2, -0.15) is 4.98 Å². The molecular formula is C20H20N6O3. The molecule has 3 aromatic rings. The molecule has 0 fully saturated rings. The fourth-order valence-corrected chi connectivity index (χ4v) is 2.51. The van der Waals surface area contributed by atoms with Crippen LogP contribution in [0.1, 0.15) is 15.9 Å². The van der Waals surface area contributed by atoms with Crippen LogP contribution >= 0.6 is 0 Å². The van der Waals surface area contributed by atoms with Crippen LogP contribution < -0.4 is 21.7 Å². The summed E-state index contributed by atoms with van der Waals surface area (Å²) in [6.45, 7) is 0.468. The number of hydrogen-bond donors (Lipinski definition) is 4. The molecule has 2 aromatic carbocycles. The number of amides is 2. The van der Waals surface area contributed by atoms with Crippen LogP contribution in [0.4, 0.5) is 27.9 Å². The number of hydrogen-bond acceptors (Lipinski definition) is 7. The third-order valence-electron chi connectivity index (χ3n) is 3.91. The van der Waals surface area contributed by atoms with Crippen molar-refractivity contribution in [3.63, 3.8) is 0 Å². The van der Waals surface area contributed by atoms with Crippen LogP contribution in [0, 0.1) is 0 Å². The Labute approximate surface area is 167 Å². The summed E-state index contributed by atoms with van der Waals surface area (Å²) in [5.41, 5.74) is 7.83. The predicted octanol–water partition coefficient (Wildman–Crippen LogP) is 3.11. The largest absolute Gasteiger partial charge is 0.453 e. The normalized spacial score (nSPS) is 10.1. The third-order valence-corrected chi connectivity index (χ3v) is 3.91. The summed E-state index contributed by atoms with van der Waals surface area (Å²) < 4.78 is 4.58. The Kier molecular flexibility index (Phi) is 6.21. The van der Waals surface area contributed by atoms with Gasteiger partial charge in [0.05, 0.1) is 12.7 Å². The van der Waals surface area contributed by atoms with E-state index in [1.54, 1.807) is 24.3 Å². The van der Waals surface area contributed by atoms with Gasteiger partial charge in [-0.05, 0) is 23.8 Å². The number of carbonyl (C=O) groups is 2. The number of aromatic nitrogens is 2. The highest BCUT2D eigenvalue weighted by molar-refractivity contribution is 5.97. The first-order valence-corrected chi connectivity index (χ1v) is 8.72. The molecule has 29 heavy (non-hydrogen) atoms. The second kappa shape index (κ2) is 9.18. The van der Waals surface area contributed by atoms with Crippen LogP contribution in [0.25, 0.3) is 0 Å². The number of methoxy groups -OCH3 is 1. The Morgan fingerprint density at radius 1 is 1.07 bits per heavy atom. The first-order valence-electron chi connectivity index (χ1n) is 8.72. The van der Waals surface area contributed by atoms with E-state index in [9.17, 15) is 9.59 Å². The van der Waals surface area contributed by atoms with Crippen molar-refractivity contribution in [1.29, 1.82) is 0 Å². The van der Waals surface area contributed by atoms with E-state index in [4.69, 9.17) is 5.73 Å². The van der Waals surface area contributed by atoms with E-state index in [0.29, 0.717) is 23.7 Å². The van der Waals surface area contributed by atoms with Crippen LogP contribution in [0.15, 0.2) is 60.8 Å². The van der Waals surface area contributed by atoms with Gasteiger partial charge in [0.15, 0.2) is 0 Å². The van der Waals surface area contributed by atoms with E-state index in [-0.39, 0.29) is 11.5 Å². The SMILES string of the molecule is COC(=O)Nc1cccc(Nc2ncc(C(N)=O)c(NCc3ccccc3)n2)c1. The van der Waals surface area contributed by atoms with Crippen molar-refractivity contribution >= 4 is 35.1 Å². The first kappa shape index (κ1) is 19.6. The lowest BCUT2D eigenvalue weighted by atomic mass is 10.2. The Hall–Kier alpha value is -4.14. The minimum Gasteiger partial charge on any atom is -0.453 e. The van der Waals surface area contributed by atoms with Crippen molar-refractivity contribution in [3.8, 4) is 0 Å². The average Bonchev–Trinajstić information content (AvgIpc) is 2.73. The van der Waals surface area contributed by atoms with Gasteiger partial charge in [0.1, 0.15) is 5.82 Å². The quantitative estimate of drug-likeness (QED) is 0.486. The molecule has 2 amide bonds. The smallest absolute Gasteiger partial charge is 0.411 e. The van der Waals surface area contributed by atoms with Crippen molar-refractivity contribution in [2.24, 2.45) is 5.73 Å². The zero-order chi connectivity index (χ0) is 20.6. The molecule has 0 aliphatic heterocycles. The molecule has 0 aliphatic carbocycles. The summed E-state index contributed by atoms with van der Waals surface area (Å²) in [5.74, 6) is -0.0418. The summed E-state index contributed by atoms with van der Waals surface area (Å²) in [6.07, 6.45) is 0.790. The lowest BCUT2D eigenvalue weighted by Gasteiger charge is -2.12. The molecule has 0 radical (unpaired) electrons. The second-order valence-electron chi connectivity index (χ2n) is 5.98. The van der Waals surface area contributed by atoms with Crippen LogP contribution in [-0.4, -0.2) is 29.1 Å². The summed E-state index contributed by atoms with van der Waals surface area (Å²) in [7, 11) is 1.29. The summed E-state index contributed by atoms with van der Waals surface area (Å²) >= 11 is 0. The third kappa shape index (κ3) is 5.42. The lowest BCUT2D eigenvalue weighted by Crippen LogP contribution is -2.17. The highest BCUT2D eigenvalue weighted by Gasteiger charge is 2.12. The number of ether oxygens (including phenoxy) is 1. The summed E-state index contributed by atoms with van der Waals surface area (Å²) in [4.78, 5) is 31.6. The molecule has 0 unspecified atom stereocenters. The van der Waals surface area contributed by atoms with E-state index < -0.39 is 12.0 Å². The van der Waals surface area contributed by atoms with E-state index in [1.807, 2.05) is 30.3 Å². The summed E-state index contributed by atoms with van der Waals surface area (Å²) in [6, 6.07) is 16.6. The average molecular weight is 392 g/mol. The van der Waals surface area contributed by atoms with Crippen LogP contribution in [0.2, 0.25) is 0 Å². The molecule has 0 bridgehead atoms. The minimum absolute atomic E-state index is 0.188. The topological polar surface area (TPSA) is 131 Å². The Bertz CT molecular complexity index is 1010. The van der Waals surface area contributed by atoms with Gasteiger partial charge in [0, 0.05) is 24.1 Å². The van der Waals surface area contributed by atoms with Crippen molar-refractivity contribution in [2.45, 2.75) is 6.54 Å².